The number of nitrogens with two attached hydrogens (primary N) is 1. The molecular weight excluding hydrogens is 402 g/mol. The van der Waals surface area contributed by atoms with Gasteiger partial charge in [-0.1, -0.05) is 30.3 Å². The van der Waals surface area contributed by atoms with Crippen LogP contribution in [0, 0.1) is 0 Å². The summed E-state index contributed by atoms with van der Waals surface area (Å²) in [4.78, 5) is 12.4. The smallest absolute Gasteiger partial charge is 0.251 e. The van der Waals surface area contributed by atoms with Crippen LogP contribution in [-0.4, -0.2) is 34.0 Å². The highest BCUT2D eigenvalue weighted by atomic mass is 35.5. The molecule has 0 aliphatic rings. The summed E-state index contributed by atoms with van der Waals surface area (Å²) in [5, 5.41) is 2.73. The summed E-state index contributed by atoms with van der Waals surface area (Å²) in [6, 6.07) is 13.0. The molecule has 0 aliphatic heterocycles. The molecule has 0 aromatic heterocycles. The van der Waals surface area contributed by atoms with Gasteiger partial charge in [0.1, 0.15) is 10.6 Å². The van der Waals surface area contributed by atoms with E-state index in [4.69, 9.17) is 10.5 Å². The van der Waals surface area contributed by atoms with Crippen LogP contribution in [0.15, 0.2) is 53.4 Å². The highest BCUT2D eigenvalue weighted by Crippen LogP contribution is 2.25. The highest BCUT2D eigenvalue weighted by molar-refractivity contribution is 7.89. The van der Waals surface area contributed by atoms with Crippen molar-refractivity contribution in [3.63, 3.8) is 0 Å². The third-order valence-corrected chi connectivity index (χ3v) is 5.50. The Morgan fingerprint density at radius 1 is 1.14 bits per heavy atom. The molecule has 4 N–H and O–H groups in total. The monoisotopic (exact) mass is 427 g/mol. The number of methoxy groups -OCH3 is 1. The Bertz CT molecular complexity index is 889. The molecular formula is C19H26ClN3O4S. The van der Waals surface area contributed by atoms with Crippen LogP contribution in [0.3, 0.4) is 0 Å². The van der Waals surface area contributed by atoms with E-state index in [9.17, 15) is 13.2 Å². The van der Waals surface area contributed by atoms with Crippen molar-refractivity contribution in [3.8, 4) is 5.75 Å². The predicted octanol–water partition coefficient (Wildman–Crippen LogP) is 2.23. The zero-order valence-electron chi connectivity index (χ0n) is 16.0. The van der Waals surface area contributed by atoms with E-state index in [1.807, 2.05) is 30.3 Å². The fourth-order valence-electron chi connectivity index (χ4n) is 2.52. The first-order valence-electron chi connectivity index (χ1n) is 8.53. The van der Waals surface area contributed by atoms with E-state index >= 15 is 0 Å². The molecule has 2 aromatic rings. The minimum Gasteiger partial charge on any atom is -0.495 e. The van der Waals surface area contributed by atoms with Crippen LogP contribution >= 0.6 is 12.4 Å². The number of amides is 1. The molecule has 7 nitrogen and oxygen atoms in total. The maximum Gasteiger partial charge on any atom is 0.251 e. The van der Waals surface area contributed by atoms with Gasteiger partial charge in [0.25, 0.3) is 5.91 Å². The molecule has 0 saturated heterocycles. The molecule has 1 atom stereocenters. The maximum absolute atomic E-state index is 12.5. The van der Waals surface area contributed by atoms with Crippen LogP contribution < -0.4 is 20.5 Å². The van der Waals surface area contributed by atoms with Crippen molar-refractivity contribution in [2.24, 2.45) is 5.73 Å². The van der Waals surface area contributed by atoms with E-state index in [1.165, 1.54) is 25.3 Å². The van der Waals surface area contributed by atoms with Gasteiger partial charge in [-0.15, -0.1) is 12.4 Å². The first kappa shape index (κ1) is 23.9. The average Bonchev–Trinajstić information content (AvgIpc) is 2.65. The second-order valence-electron chi connectivity index (χ2n) is 6.37. The summed E-state index contributed by atoms with van der Waals surface area (Å²) in [7, 11) is -2.43. The predicted molar refractivity (Wildman–Crippen MR) is 111 cm³/mol. The molecule has 0 aliphatic carbocycles. The molecule has 0 saturated carbocycles. The fraction of sp³-hybridized carbons (Fsp3) is 0.316. The lowest BCUT2D eigenvalue weighted by Crippen LogP contribution is -2.33. The number of halogens is 1. The van der Waals surface area contributed by atoms with Crippen LogP contribution in [0.5, 0.6) is 5.75 Å². The Morgan fingerprint density at radius 3 is 2.36 bits per heavy atom. The third kappa shape index (κ3) is 6.20. The molecule has 28 heavy (non-hydrogen) atoms. The van der Waals surface area contributed by atoms with Gasteiger partial charge in [0, 0.05) is 24.2 Å². The standard InChI is InChI=1S/C19H25N3O4S.ClH/c1-13(2)22-27(24,25)18-11-15(9-10-17(18)26-3)19(23)21-12-16(20)14-7-5-4-6-8-14;/h4-11,13,16,22H,12,20H2,1-3H3,(H,21,23);1H. The second kappa shape index (κ2) is 10.4. The van der Waals surface area contributed by atoms with Gasteiger partial charge in [0.15, 0.2) is 0 Å². The molecule has 2 aromatic carbocycles. The van der Waals surface area contributed by atoms with Gasteiger partial charge in [0.2, 0.25) is 10.0 Å². The van der Waals surface area contributed by atoms with Crippen LogP contribution in [0.4, 0.5) is 0 Å². The van der Waals surface area contributed by atoms with Crippen LogP contribution in [0.25, 0.3) is 0 Å². The molecule has 0 radical (unpaired) electrons. The average molecular weight is 428 g/mol. The fourth-order valence-corrected chi connectivity index (χ4v) is 3.97. The van der Waals surface area contributed by atoms with Gasteiger partial charge in [-0.2, -0.15) is 0 Å². The van der Waals surface area contributed by atoms with Gasteiger partial charge in [-0.3, -0.25) is 4.79 Å². The van der Waals surface area contributed by atoms with Crippen molar-refractivity contribution in [1.29, 1.82) is 0 Å². The van der Waals surface area contributed by atoms with Crippen LogP contribution in [0.2, 0.25) is 0 Å². The molecule has 0 bridgehead atoms. The second-order valence-corrected chi connectivity index (χ2v) is 8.05. The van der Waals surface area contributed by atoms with E-state index in [2.05, 4.69) is 10.0 Å². The summed E-state index contributed by atoms with van der Waals surface area (Å²) < 4.78 is 32.6. The lowest BCUT2D eigenvalue weighted by atomic mass is 10.1. The number of carbonyl (C=O) groups is 1. The number of hydrogen-bond acceptors (Lipinski definition) is 5. The number of rotatable bonds is 8. The summed E-state index contributed by atoms with van der Waals surface area (Å²) in [5.41, 5.74) is 7.19. The molecule has 0 heterocycles. The Hall–Kier alpha value is -2.13. The summed E-state index contributed by atoms with van der Waals surface area (Å²) in [6.45, 7) is 3.65. The quantitative estimate of drug-likeness (QED) is 0.598. The van der Waals surface area contributed by atoms with Gasteiger partial charge >= 0.3 is 0 Å². The zero-order valence-corrected chi connectivity index (χ0v) is 17.6. The van der Waals surface area contributed by atoms with E-state index in [-0.39, 0.29) is 47.2 Å². The van der Waals surface area contributed by atoms with E-state index in [0.29, 0.717) is 0 Å². The van der Waals surface area contributed by atoms with Gasteiger partial charge in [0.05, 0.1) is 7.11 Å². The number of sulfonamides is 1. The maximum atomic E-state index is 12.5. The molecule has 154 valence electrons. The van der Waals surface area contributed by atoms with Crippen molar-refractivity contribution in [2.45, 2.75) is 30.8 Å². The first-order chi connectivity index (χ1) is 12.7. The minimum atomic E-state index is -3.81. The summed E-state index contributed by atoms with van der Waals surface area (Å²) >= 11 is 0. The van der Waals surface area contributed by atoms with Crippen molar-refractivity contribution in [1.82, 2.24) is 10.0 Å². The third-order valence-electron chi connectivity index (χ3n) is 3.82. The molecule has 1 amide bonds. The largest absolute Gasteiger partial charge is 0.495 e. The van der Waals surface area contributed by atoms with Crippen molar-refractivity contribution in [3.05, 3.63) is 59.7 Å². The van der Waals surface area contributed by atoms with E-state index in [1.54, 1.807) is 13.8 Å². The Labute approximate surface area is 172 Å². The number of hydrogen-bond donors (Lipinski definition) is 3. The first-order valence-corrected chi connectivity index (χ1v) is 10.0. The van der Waals surface area contributed by atoms with E-state index < -0.39 is 15.9 Å². The Morgan fingerprint density at radius 2 is 1.79 bits per heavy atom. The van der Waals surface area contributed by atoms with Crippen molar-refractivity contribution >= 4 is 28.3 Å². The van der Waals surface area contributed by atoms with Gasteiger partial charge in [-0.25, -0.2) is 13.1 Å². The number of ether oxygens (including phenoxy) is 1. The zero-order chi connectivity index (χ0) is 20.0. The number of carbonyl (C=O) groups excluding carboxylic acids is 1. The summed E-state index contributed by atoms with van der Waals surface area (Å²) in [5.74, 6) is -0.245. The molecule has 0 spiro atoms. The number of nitrogens with one attached hydrogen (secondary N) is 2. The Kier molecular flexibility index (Phi) is 8.90. The SMILES string of the molecule is COc1ccc(C(=O)NCC(N)c2ccccc2)cc1S(=O)(=O)NC(C)C.Cl. The summed E-state index contributed by atoms with van der Waals surface area (Å²) in [6.07, 6.45) is 0. The molecule has 0 fully saturated rings. The van der Waals surface area contributed by atoms with Crippen molar-refractivity contribution in [2.75, 3.05) is 13.7 Å². The molecule has 9 heteroatoms. The molecule has 1 unspecified atom stereocenters. The highest BCUT2D eigenvalue weighted by Gasteiger charge is 2.22. The van der Waals surface area contributed by atoms with Gasteiger partial charge < -0.3 is 15.8 Å². The minimum absolute atomic E-state index is 0. The van der Waals surface area contributed by atoms with Gasteiger partial charge in [-0.05, 0) is 37.6 Å². The van der Waals surface area contributed by atoms with Crippen LogP contribution in [0.1, 0.15) is 35.8 Å². The number of benzene rings is 2. The molecule has 2 rings (SSSR count). The normalized spacial score (nSPS) is 12.2. The lowest BCUT2D eigenvalue weighted by molar-refractivity contribution is 0.0951. The lowest BCUT2D eigenvalue weighted by Gasteiger charge is -2.15. The van der Waals surface area contributed by atoms with Crippen LogP contribution in [-0.2, 0) is 10.0 Å². The van der Waals surface area contributed by atoms with E-state index in [0.717, 1.165) is 5.56 Å². The topological polar surface area (TPSA) is 111 Å². The Balaban J connectivity index is 0.00000392. The van der Waals surface area contributed by atoms with Crippen molar-refractivity contribution < 1.29 is 17.9 Å².